The smallest absolute Gasteiger partial charge is 0.252 e. The number of pyridine rings is 1. The zero-order valence-corrected chi connectivity index (χ0v) is 17.6. The Labute approximate surface area is 168 Å². The molecule has 2 aromatic rings. The summed E-state index contributed by atoms with van der Waals surface area (Å²) < 4.78 is 12.9. The van der Waals surface area contributed by atoms with E-state index in [4.69, 9.17) is 11.5 Å². The molecule has 4 N–H and O–H groups in total. The lowest BCUT2D eigenvalue weighted by molar-refractivity contribution is 0.100. The van der Waals surface area contributed by atoms with Crippen molar-refractivity contribution in [1.82, 2.24) is 4.98 Å². The Morgan fingerprint density at radius 1 is 1.36 bits per heavy atom. The lowest BCUT2D eigenvalue weighted by Gasteiger charge is -2.31. The summed E-state index contributed by atoms with van der Waals surface area (Å²) in [5.74, 6) is 0.126. The number of primary amides is 1. The van der Waals surface area contributed by atoms with Crippen LogP contribution in [-0.2, 0) is 6.42 Å². The van der Waals surface area contributed by atoms with Crippen LogP contribution < -0.4 is 16.4 Å². The molecule has 0 aliphatic carbocycles. The number of amides is 1. The van der Waals surface area contributed by atoms with E-state index in [1.54, 1.807) is 18.2 Å². The van der Waals surface area contributed by atoms with Crippen LogP contribution in [0.5, 0.6) is 0 Å². The number of anilines is 2. The van der Waals surface area contributed by atoms with Crippen molar-refractivity contribution in [2.75, 3.05) is 24.2 Å². The average molecular weight is 389 g/mol. The van der Waals surface area contributed by atoms with Gasteiger partial charge in [-0.25, -0.2) is 9.37 Å². The number of benzene rings is 1. The van der Waals surface area contributed by atoms with Crippen LogP contribution in [0.1, 0.15) is 43.6 Å². The highest BCUT2D eigenvalue weighted by Crippen LogP contribution is 2.28. The van der Waals surface area contributed by atoms with E-state index in [9.17, 15) is 9.18 Å². The summed E-state index contributed by atoms with van der Waals surface area (Å²) in [7, 11) is 2.06. The Hall–Kier alpha value is -2.89. The number of carbonyl (C=O) groups is 1. The summed E-state index contributed by atoms with van der Waals surface area (Å²) in [5, 5.41) is 0. The first-order chi connectivity index (χ1) is 13.3. The Bertz CT molecular complexity index is 749. The van der Waals surface area contributed by atoms with Crippen LogP contribution in [0.25, 0.3) is 0 Å². The molecular formula is C22H33FN4O. The Kier molecular flexibility index (Phi) is 11.9. The second kappa shape index (κ2) is 13.3. The number of carbonyl (C=O) groups excluding carboxylic acids is 1. The van der Waals surface area contributed by atoms with Crippen molar-refractivity contribution < 1.29 is 9.18 Å². The molecule has 5 nitrogen and oxygen atoms in total. The molecule has 1 aromatic carbocycles. The molecule has 1 aromatic heterocycles. The van der Waals surface area contributed by atoms with Crippen molar-refractivity contribution in [3.63, 3.8) is 0 Å². The molecule has 2 heterocycles. The lowest BCUT2D eigenvalue weighted by Crippen LogP contribution is -2.30. The van der Waals surface area contributed by atoms with Crippen molar-refractivity contribution in [2.24, 2.45) is 11.7 Å². The van der Waals surface area contributed by atoms with Gasteiger partial charge < -0.3 is 16.4 Å². The minimum atomic E-state index is -0.550. The highest BCUT2D eigenvalue weighted by atomic mass is 19.1. The Balaban J connectivity index is 0.000000434. The largest absolute Gasteiger partial charge is 0.383 e. The van der Waals surface area contributed by atoms with Crippen LogP contribution in [0.15, 0.2) is 49.2 Å². The molecule has 0 bridgehead atoms. The summed E-state index contributed by atoms with van der Waals surface area (Å²) >= 11 is 0. The molecule has 0 spiro atoms. The fourth-order valence-corrected chi connectivity index (χ4v) is 2.72. The van der Waals surface area contributed by atoms with Gasteiger partial charge in [0.05, 0.1) is 5.56 Å². The number of hydrogen-bond acceptors (Lipinski definition) is 4. The second-order valence-corrected chi connectivity index (χ2v) is 6.17. The average Bonchev–Trinajstić information content (AvgIpc) is 2.64. The number of rotatable bonds is 1. The van der Waals surface area contributed by atoms with Gasteiger partial charge >= 0.3 is 0 Å². The molecule has 6 heteroatoms. The minimum Gasteiger partial charge on any atom is -0.383 e. The van der Waals surface area contributed by atoms with E-state index in [-0.39, 0.29) is 17.2 Å². The third-order valence-corrected chi connectivity index (χ3v) is 3.71. The maximum atomic E-state index is 12.9. The van der Waals surface area contributed by atoms with Gasteiger partial charge in [-0.05, 0) is 55.2 Å². The zero-order valence-electron chi connectivity index (χ0n) is 17.6. The van der Waals surface area contributed by atoms with E-state index in [0.29, 0.717) is 5.92 Å². The third kappa shape index (κ3) is 8.20. The zero-order chi connectivity index (χ0) is 21.7. The van der Waals surface area contributed by atoms with Crippen molar-refractivity contribution in [3.05, 3.63) is 66.1 Å². The molecule has 1 aliphatic heterocycles. The topological polar surface area (TPSA) is 85.2 Å². The number of halogens is 1. The van der Waals surface area contributed by atoms with Crippen LogP contribution >= 0.6 is 0 Å². The Morgan fingerprint density at radius 2 is 1.96 bits per heavy atom. The molecule has 0 unspecified atom stereocenters. The summed E-state index contributed by atoms with van der Waals surface area (Å²) in [6, 6.07) is 8.20. The molecule has 1 atom stereocenters. The van der Waals surface area contributed by atoms with Crippen molar-refractivity contribution in [2.45, 2.75) is 34.1 Å². The molecule has 3 rings (SSSR count). The molecule has 154 valence electrons. The Morgan fingerprint density at radius 3 is 2.46 bits per heavy atom. The maximum Gasteiger partial charge on any atom is 0.252 e. The number of hydrogen-bond donors (Lipinski definition) is 2. The van der Waals surface area contributed by atoms with Gasteiger partial charge in [-0.15, -0.1) is 6.58 Å². The summed E-state index contributed by atoms with van der Waals surface area (Å²) in [4.78, 5) is 16.4. The quantitative estimate of drug-likeness (QED) is 0.708. The van der Waals surface area contributed by atoms with E-state index in [1.807, 2.05) is 26.8 Å². The number of allylic oxidation sites excluding steroid dienone is 1. The van der Waals surface area contributed by atoms with Crippen LogP contribution in [-0.4, -0.2) is 24.5 Å². The monoisotopic (exact) mass is 388 g/mol. The highest BCUT2D eigenvalue weighted by Gasteiger charge is 2.18. The normalized spacial score (nSPS) is 13.9. The van der Waals surface area contributed by atoms with Gasteiger partial charge in [0.1, 0.15) is 11.6 Å². The first kappa shape index (κ1) is 25.1. The molecule has 0 fully saturated rings. The van der Waals surface area contributed by atoms with Gasteiger partial charge in [0, 0.05) is 25.5 Å². The SMILES string of the molecule is C=CC.CC.C[C@@H]1Cc2cc(F)ccc2N(C)C1.NC(=O)c1cccnc1N. The van der Waals surface area contributed by atoms with E-state index in [0.717, 1.165) is 18.5 Å². The van der Waals surface area contributed by atoms with Gasteiger partial charge in [0.25, 0.3) is 5.91 Å². The predicted molar refractivity (Wildman–Crippen MR) is 117 cm³/mol. The molecule has 0 radical (unpaired) electrons. The predicted octanol–water partition coefficient (Wildman–Crippen LogP) is 4.44. The highest BCUT2D eigenvalue weighted by molar-refractivity contribution is 5.96. The fraction of sp³-hybridized carbons (Fsp3) is 0.364. The second-order valence-electron chi connectivity index (χ2n) is 6.17. The molecule has 28 heavy (non-hydrogen) atoms. The lowest BCUT2D eigenvalue weighted by atomic mass is 9.94. The number of nitrogens with zero attached hydrogens (tertiary/aromatic N) is 2. The van der Waals surface area contributed by atoms with Crippen LogP contribution in [0, 0.1) is 11.7 Å². The van der Waals surface area contributed by atoms with Crippen LogP contribution in [0.3, 0.4) is 0 Å². The number of aromatic nitrogens is 1. The summed E-state index contributed by atoms with van der Waals surface area (Å²) in [5.41, 5.74) is 12.9. The summed E-state index contributed by atoms with van der Waals surface area (Å²) in [6.07, 6.45) is 4.25. The fourth-order valence-electron chi connectivity index (χ4n) is 2.72. The number of nitrogen functional groups attached to an aromatic ring is 1. The van der Waals surface area contributed by atoms with E-state index < -0.39 is 5.91 Å². The van der Waals surface area contributed by atoms with Gasteiger partial charge in [0.15, 0.2) is 0 Å². The number of fused-ring (bicyclic) bond motifs is 1. The van der Waals surface area contributed by atoms with Crippen molar-refractivity contribution in [3.8, 4) is 0 Å². The van der Waals surface area contributed by atoms with Crippen molar-refractivity contribution in [1.29, 1.82) is 0 Å². The summed E-state index contributed by atoms with van der Waals surface area (Å²) in [6.45, 7) is 12.5. The molecule has 1 aliphatic rings. The molecule has 1 amide bonds. The van der Waals surface area contributed by atoms with Gasteiger partial charge in [-0.1, -0.05) is 26.8 Å². The van der Waals surface area contributed by atoms with Gasteiger partial charge in [-0.3, -0.25) is 4.79 Å². The minimum absolute atomic E-state index is 0.124. The third-order valence-electron chi connectivity index (χ3n) is 3.71. The van der Waals surface area contributed by atoms with Crippen LogP contribution in [0.4, 0.5) is 15.9 Å². The first-order valence-electron chi connectivity index (χ1n) is 9.37. The van der Waals surface area contributed by atoms with E-state index in [1.165, 1.54) is 24.0 Å². The number of nitrogens with two attached hydrogens (primary N) is 2. The van der Waals surface area contributed by atoms with E-state index in [2.05, 4.69) is 30.4 Å². The molecule has 0 saturated heterocycles. The van der Waals surface area contributed by atoms with Crippen molar-refractivity contribution >= 4 is 17.4 Å². The van der Waals surface area contributed by atoms with Gasteiger partial charge in [-0.2, -0.15) is 0 Å². The maximum absolute atomic E-state index is 12.9. The standard InChI is InChI=1S/C11H14FN.C6H7N3O.C3H6.C2H6/c1-8-5-9-6-10(12)3-4-11(9)13(2)7-8;7-5-4(6(8)10)2-1-3-9-5;1-3-2;1-2/h3-4,6,8H,5,7H2,1-2H3;1-3H,(H2,7,9)(H2,8,10);3H,1H2,2H3;1-2H3/t8-;;;/m1.../s1. The molecule has 0 saturated carbocycles. The van der Waals surface area contributed by atoms with Gasteiger partial charge in [0.2, 0.25) is 0 Å². The van der Waals surface area contributed by atoms with Crippen LogP contribution in [0.2, 0.25) is 0 Å². The molecular weight excluding hydrogens is 355 g/mol. The van der Waals surface area contributed by atoms with E-state index >= 15 is 0 Å². The first-order valence-corrected chi connectivity index (χ1v) is 9.37.